The standard InChI is InChI=1S/C32H29N5O7/c1-19-4-2-3-5-25(19)37-32(44)35-23-12-6-20(7-13-23)16-28(38)34-24-14-15-26(33-18-24)27(17-29(39)40)36-30(41)21-8-10-22(11-9-21)31(42)43/h2-15,18,27H,16-17H2,1H3,(H,34,38)(H,36,41)(H,39,40)(H,42,43)(H2,35,37,44). The maximum atomic E-state index is 12.7. The Bertz CT molecular complexity index is 1670. The first-order valence-electron chi connectivity index (χ1n) is 13.4. The van der Waals surface area contributed by atoms with E-state index in [9.17, 15) is 29.1 Å². The molecule has 0 saturated carbocycles. The maximum absolute atomic E-state index is 12.7. The summed E-state index contributed by atoms with van der Waals surface area (Å²) in [7, 11) is 0. The SMILES string of the molecule is Cc1ccccc1NC(=O)Nc1ccc(CC(=O)Nc2ccc(C(CC(=O)O)NC(=O)c3ccc(C(=O)O)cc3)nc2)cc1. The molecule has 12 nitrogen and oxygen atoms in total. The summed E-state index contributed by atoms with van der Waals surface area (Å²) in [6, 6.07) is 21.1. The van der Waals surface area contributed by atoms with E-state index >= 15 is 0 Å². The number of nitrogens with zero attached hydrogens (tertiary/aromatic N) is 1. The Kier molecular flexibility index (Phi) is 9.99. The van der Waals surface area contributed by atoms with Crippen molar-refractivity contribution in [2.24, 2.45) is 0 Å². The van der Waals surface area contributed by atoms with Crippen molar-refractivity contribution in [2.45, 2.75) is 25.8 Å². The van der Waals surface area contributed by atoms with E-state index in [1.165, 1.54) is 36.5 Å². The number of rotatable bonds is 11. The molecular formula is C32H29N5O7. The quantitative estimate of drug-likeness (QED) is 0.142. The van der Waals surface area contributed by atoms with Crippen molar-refractivity contribution in [3.8, 4) is 0 Å². The lowest BCUT2D eigenvalue weighted by Gasteiger charge is -2.17. The third-order valence-corrected chi connectivity index (χ3v) is 6.47. The fourth-order valence-corrected chi connectivity index (χ4v) is 4.19. The molecule has 44 heavy (non-hydrogen) atoms. The number of carboxylic acid groups (broad SMARTS) is 2. The van der Waals surface area contributed by atoms with Gasteiger partial charge < -0.3 is 31.5 Å². The number of hydrogen-bond donors (Lipinski definition) is 6. The number of carboxylic acids is 2. The van der Waals surface area contributed by atoms with Crippen LogP contribution in [0.1, 0.15) is 50.0 Å². The van der Waals surface area contributed by atoms with Crippen molar-refractivity contribution in [2.75, 3.05) is 16.0 Å². The minimum Gasteiger partial charge on any atom is -0.481 e. The smallest absolute Gasteiger partial charge is 0.335 e. The molecule has 0 aliphatic carbocycles. The summed E-state index contributed by atoms with van der Waals surface area (Å²) in [5.41, 5.74) is 3.69. The van der Waals surface area contributed by atoms with Crippen LogP contribution in [0, 0.1) is 6.92 Å². The Morgan fingerprint density at radius 3 is 2.02 bits per heavy atom. The fourth-order valence-electron chi connectivity index (χ4n) is 4.19. The van der Waals surface area contributed by atoms with E-state index in [-0.39, 0.29) is 35.2 Å². The normalized spacial score (nSPS) is 11.1. The molecular weight excluding hydrogens is 566 g/mol. The molecule has 4 rings (SSSR count). The number of carbonyl (C=O) groups is 5. The van der Waals surface area contributed by atoms with Crippen LogP contribution in [-0.4, -0.2) is 45.0 Å². The van der Waals surface area contributed by atoms with Crippen LogP contribution in [0.5, 0.6) is 0 Å². The van der Waals surface area contributed by atoms with Crippen LogP contribution in [0.25, 0.3) is 0 Å². The highest BCUT2D eigenvalue weighted by atomic mass is 16.4. The van der Waals surface area contributed by atoms with Crippen LogP contribution in [0.2, 0.25) is 0 Å². The molecule has 0 spiro atoms. The summed E-state index contributed by atoms with van der Waals surface area (Å²) in [6.45, 7) is 1.89. The Morgan fingerprint density at radius 2 is 1.41 bits per heavy atom. The van der Waals surface area contributed by atoms with E-state index in [1.807, 2.05) is 25.1 Å². The average Bonchev–Trinajstić information content (AvgIpc) is 2.99. The van der Waals surface area contributed by atoms with Gasteiger partial charge in [-0.3, -0.25) is 19.4 Å². The van der Waals surface area contributed by atoms with Crippen molar-refractivity contribution >= 4 is 46.8 Å². The molecule has 1 unspecified atom stereocenters. The second-order valence-electron chi connectivity index (χ2n) is 9.79. The molecule has 0 aliphatic heterocycles. The molecule has 4 aromatic rings. The summed E-state index contributed by atoms with van der Waals surface area (Å²) in [6.07, 6.45) is 0.960. The van der Waals surface area contributed by atoms with Gasteiger partial charge in [0, 0.05) is 16.9 Å². The van der Waals surface area contributed by atoms with Gasteiger partial charge in [-0.05, 0) is 72.6 Å². The number of urea groups is 1. The average molecular weight is 596 g/mol. The van der Waals surface area contributed by atoms with Gasteiger partial charge in [0.15, 0.2) is 0 Å². The van der Waals surface area contributed by atoms with Crippen molar-refractivity contribution in [1.82, 2.24) is 10.3 Å². The number of aryl methyl sites for hydroxylation is 1. The zero-order valence-electron chi connectivity index (χ0n) is 23.5. The zero-order chi connectivity index (χ0) is 31.6. The van der Waals surface area contributed by atoms with Crippen molar-refractivity contribution in [3.63, 3.8) is 0 Å². The highest BCUT2D eigenvalue weighted by Gasteiger charge is 2.21. The number of aromatic nitrogens is 1. The van der Waals surface area contributed by atoms with E-state index in [2.05, 4.69) is 26.3 Å². The summed E-state index contributed by atoms with van der Waals surface area (Å²) in [5, 5.41) is 29.2. The number of carbonyl (C=O) groups excluding carboxylic acids is 3. The van der Waals surface area contributed by atoms with Gasteiger partial charge in [-0.2, -0.15) is 0 Å². The van der Waals surface area contributed by atoms with Crippen LogP contribution in [0.3, 0.4) is 0 Å². The number of nitrogens with one attached hydrogen (secondary N) is 4. The summed E-state index contributed by atoms with van der Waals surface area (Å²) in [5.74, 6) is -3.22. The summed E-state index contributed by atoms with van der Waals surface area (Å²) in [4.78, 5) is 64.3. The number of benzene rings is 3. The molecule has 224 valence electrons. The second kappa shape index (κ2) is 14.2. The van der Waals surface area contributed by atoms with Crippen LogP contribution in [0.15, 0.2) is 91.1 Å². The molecule has 3 aromatic carbocycles. The van der Waals surface area contributed by atoms with Crippen molar-refractivity contribution in [3.05, 3.63) is 119 Å². The van der Waals surface area contributed by atoms with Gasteiger partial charge in [-0.25, -0.2) is 9.59 Å². The van der Waals surface area contributed by atoms with Gasteiger partial charge >= 0.3 is 18.0 Å². The lowest BCUT2D eigenvalue weighted by Crippen LogP contribution is -2.30. The number of pyridine rings is 1. The highest BCUT2D eigenvalue weighted by Crippen LogP contribution is 2.19. The van der Waals surface area contributed by atoms with Crippen molar-refractivity contribution < 1.29 is 34.2 Å². The van der Waals surface area contributed by atoms with Crippen LogP contribution >= 0.6 is 0 Å². The summed E-state index contributed by atoms with van der Waals surface area (Å²) >= 11 is 0. The number of amides is 4. The third-order valence-electron chi connectivity index (χ3n) is 6.47. The van der Waals surface area contributed by atoms with E-state index in [0.29, 0.717) is 22.6 Å². The second-order valence-corrected chi connectivity index (χ2v) is 9.79. The van der Waals surface area contributed by atoms with Gasteiger partial charge in [-0.1, -0.05) is 30.3 Å². The molecule has 4 amide bonds. The molecule has 12 heteroatoms. The number of aliphatic carboxylic acids is 1. The van der Waals surface area contributed by atoms with Crippen LogP contribution in [0.4, 0.5) is 21.9 Å². The third kappa shape index (κ3) is 8.73. The Hall–Kier alpha value is -6.04. The molecule has 0 radical (unpaired) electrons. The van der Waals surface area contributed by atoms with Gasteiger partial charge in [0.05, 0.1) is 42.0 Å². The Balaban J connectivity index is 1.31. The number of anilines is 3. The Morgan fingerprint density at radius 1 is 0.750 bits per heavy atom. The predicted octanol–water partition coefficient (Wildman–Crippen LogP) is 4.86. The fraction of sp³-hybridized carbons (Fsp3) is 0.125. The molecule has 0 saturated heterocycles. The predicted molar refractivity (Wildman–Crippen MR) is 163 cm³/mol. The topological polar surface area (TPSA) is 187 Å². The van der Waals surface area contributed by atoms with Crippen LogP contribution in [-0.2, 0) is 16.0 Å². The molecule has 1 atom stereocenters. The first-order valence-corrected chi connectivity index (χ1v) is 13.4. The molecule has 1 heterocycles. The first-order chi connectivity index (χ1) is 21.1. The van der Waals surface area contributed by atoms with Gasteiger partial charge in [-0.15, -0.1) is 0 Å². The summed E-state index contributed by atoms with van der Waals surface area (Å²) < 4.78 is 0. The molecule has 0 bridgehead atoms. The van der Waals surface area contributed by atoms with E-state index < -0.39 is 30.3 Å². The largest absolute Gasteiger partial charge is 0.481 e. The molecule has 0 aliphatic rings. The molecule has 1 aromatic heterocycles. The number of hydrogen-bond acceptors (Lipinski definition) is 6. The van der Waals surface area contributed by atoms with Gasteiger partial charge in [0.2, 0.25) is 5.91 Å². The lowest BCUT2D eigenvalue weighted by atomic mass is 10.1. The maximum Gasteiger partial charge on any atom is 0.335 e. The molecule has 6 N–H and O–H groups in total. The first kappa shape index (κ1) is 30.9. The zero-order valence-corrected chi connectivity index (χ0v) is 23.5. The van der Waals surface area contributed by atoms with Crippen molar-refractivity contribution in [1.29, 1.82) is 0 Å². The van der Waals surface area contributed by atoms with E-state index in [1.54, 1.807) is 36.4 Å². The minimum atomic E-state index is -1.16. The number of para-hydroxylation sites is 1. The highest BCUT2D eigenvalue weighted by molar-refractivity contribution is 6.00. The van der Waals surface area contributed by atoms with Gasteiger partial charge in [0.1, 0.15) is 0 Å². The monoisotopic (exact) mass is 595 g/mol. The lowest BCUT2D eigenvalue weighted by molar-refractivity contribution is -0.137. The van der Waals surface area contributed by atoms with E-state index in [4.69, 9.17) is 5.11 Å². The van der Waals surface area contributed by atoms with E-state index in [0.717, 1.165) is 5.56 Å². The Labute approximate surface area is 252 Å². The minimum absolute atomic E-state index is 0.00980. The number of aromatic carboxylic acids is 1. The van der Waals surface area contributed by atoms with Gasteiger partial charge in [0.25, 0.3) is 5.91 Å². The van der Waals surface area contributed by atoms with Crippen LogP contribution < -0.4 is 21.3 Å². The molecule has 0 fully saturated rings.